The molecule has 1 saturated heterocycles. The maximum Gasteiger partial charge on any atom is 0.244 e. The first-order valence-electron chi connectivity index (χ1n) is 11.7. The molecule has 1 atom stereocenters. The SMILES string of the molecule is CCC(C(=O)NCCOc1ccc(S(=O)(=O)N2CCCCC2)cc1)N(c1ccccc1)S(C)(=O)=O. The number of sulfonamides is 2. The van der Waals surface area contributed by atoms with Gasteiger partial charge in [-0.3, -0.25) is 9.10 Å². The number of anilines is 1. The highest BCUT2D eigenvalue weighted by molar-refractivity contribution is 7.92. The summed E-state index contributed by atoms with van der Waals surface area (Å²) >= 11 is 0. The summed E-state index contributed by atoms with van der Waals surface area (Å²) in [5, 5.41) is 2.73. The topological polar surface area (TPSA) is 113 Å². The number of piperidine rings is 1. The molecule has 1 aliphatic rings. The van der Waals surface area contributed by atoms with Crippen LogP contribution < -0.4 is 14.4 Å². The highest BCUT2D eigenvalue weighted by atomic mass is 32.2. The smallest absolute Gasteiger partial charge is 0.244 e. The van der Waals surface area contributed by atoms with Crippen LogP contribution in [-0.4, -0.2) is 65.6 Å². The summed E-state index contributed by atoms with van der Waals surface area (Å²) in [5.74, 6) is 0.0549. The van der Waals surface area contributed by atoms with Crippen molar-refractivity contribution in [1.29, 1.82) is 0 Å². The van der Waals surface area contributed by atoms with Gasteiger partial charge in [0, 0.05) is 13.1 Å². The minimum Gasteiger partial charge on any atom is -0.492 e. The van der Waals surface area contributed by atoms with Gasteiger partial charge in [-0.2, -0.15) is 4.31 Å². The molecule has 35 heavy (non-hydrogen) atoms. The first-order chi connectivity index (χ1) is 16.6. The van der Waals surface area contributed by atoms with Crippen molar-refractivity contribution in [3.8, 4) is 5.75 Å². The van der Waals surface area contributed by atoms with Crippen LogP contribution in [0.15, 0.2) is 59.5 Å². The van der Waals surface area contributed by atoms with Gasteiger partial charge in [-0.1, -0.05) is 31.5 Å². The predicted molar refractivity (Wildman–Crippen MR) is 135 cm³/mol. The van der Waals surface area contributed by atoms with Crippen LogP contribution in [0.2, 0.25) is 0 Å². The highest BCUT2D eigenvalue weighted by Gasteiger charge is 2.31. The number of nitrogens with one attached hydrogen (secondary N) is 1. The zero-order valence-electron chi connectivity index (χ0n) is 20.1. The molecule has 1 amide bonds. The lowest BCUT2D eigenvalue weighted by molar-refractivity contribution is -0.122. The van der Waals surface area contributed by atoms with Crippen LogP contribution in [0.4, 0.5) is 5.69 Å². The monoisotopic (exact) mass is 523 g/mol. The molecule has 2 aromatic rings. The number of nitrogens with zero attached hydrogens (tertiary/aromatic N) is 2. The highest BCUT2D eigenvalue weighted by Crippen LogP contribution is 2.23. The molecule has 1 heterocycles. The molecule has 0 radical (unpaired) electrons. The van der Waals surface area contributed by atoms with E-state index in [0.29, 0.717) is 30.9 Å². The molecule has 0 aliphatic carbocycles. The van der Waals surface area contributed by atoms with E-state index in [2.05, 4.69) is 5.32 Å². The van der Waals surface area contributed by atoms with Gasteiger partial charge >= 0.3 is 0 Å². The first-order valence-corrected chi connectivity index (χ1v) is 15.0. The Kier molecular flexibility index (Phi) is 9.15. The van der Waals surface area contributed by atoms with Crippen LogP contribution in [-0.2, 0) is 24.8 Å². The average Bonchev–Trinajstić information content (AvgIpc) is 2.85. The van der Waals surface area contributed by atoms with Crippen LogP contribution in [0.5, 0.6) is 5.75 Å². The maximum absolute atomic E-state index is 12.8. The molecule has 11 heteroatoms. The van der Waals surface area contributed by atoms with Crippen molar-refractivity contribution in [3.63, 3.8) is 0 Å². The molecular formula is C24H33N3O6S2. The van der Waals surface area contributed by atoms with Gasteiger partial charge in [0.15, 0.2) is 0 Å². The molecule has 2 aromatic carbocycles. The quantitative estimate of drug-likeness (QED) is 0.453. The van der Waals surface area contributed by atoms with Gasteiger partial charge in [0.05, 0.1) is 23.4 Å². The van der Waals surface area contributed by atoms with Crippen LogP contribution in [0, 0.1) is 0 Å². The van der Waals surface area contributed by atoms with Gasteiger partial charge in [0.25, 0.3) is 0 Å². The number of carbonyl (C=O) groups excluding carboxylic acids is 1. The second kappa shape index (κ2) is 11.9. The lowest BCUT2D eigenvalue weighted by Crippen LogP contribution is -2.49. The molecule has 0 spiro atoms. The van der Waals surface area contributed by atoms with Crippen molar-refractivity contribution in [2.75, 3.05) is 36.8 Å². The molecule has 0 aromatic heterocycles. The fourth-order valence-corrected chi connectivity index (χ4v) is 6.79. The van der Waals surface area contributed by atoms with E-state index in [9.17, 15) is 21.6 Å². The van der Waals surface area contributed by atoms with E-state index in [1.165, 1.54) is 16.4 Å². The normalized spacial score (nSPS) is 15.8. The Hall–Kier alpha value is -2.63. The summed E-state index contributed by atoms with van der Waals surface area (Å²) in [7, 11) is -7.19. The van der Waals surface area contributed by atoms with Gasteiger partial charge in [0.2, 0.25) is 26.0 Å². The Bertz CT molecular complexity index is 1180. The number of hydrogen-bond donors (Lipinski definition) is 1. The molecule has 1 aliphatic heterocycles. The Balaban J connectivity index is 1.55. The van der Waals surface area contributed by atoms with E-state index in [0.717, 1.165) is 29.8 Å². The minimum atomic E-state index is -3.68. The third kappa shape index (κ3) is 6.96. The summed E-state index contributed by atoms with van der Waals surface area (Å²) in [5.41, 5.74) is 0.424. The number of carbonyl (C=O) groups is 1. The van der Waals surface area contributed by atoms with Crippen LogP contribution in [0.1, 0.15) is 32.6 Å². The lowest BCUT2D eigenvalue weighted by Gasteiger charge is -2.30. The molecule has 9 nitrogen and oxygen atoms in total. The van der Waals surface area contributed by atoms with Gasteiger partial charge in [0.1, 0.15) is 18.4 Å². The average molecular weight is 524 g/mol. The number of benzene rings is 2. The summed E-state index contributed by atoms with van der Waals surface area (Å²) in [6.07, 6.45) is 4.17. The standard InChI is InChI=1S/C24H33N3O6S2/c1-3-23(27(34(2,29)30)20-10-6-4-7-11-20)24(28)25-16-19-33-21-12-14-22(15-13-21)35(31,32)26-17-8-5-9-18-26/h4,6-7,10-15,23H,3,5,8-9,16-19H2,1-2H3,(H,25,28). The van der Waals surface area contributed by atoms with Crippen LogP contribution in [0.25, 0.3) is 0 Å². The van der Waals surface area contributed by atoms with Crippen LogP contribution >= 0.6 is 0 Å². The van der Waals surface area contributed by atoms with Crippen molar-refractivity contribution < 1.29 is 26.4 Å². The van der Waals surface area contributed by atoms with Crippen molar-refractivity contribution in [2.24, 2.45) is 0 Å². The van der Waals surface area contributed by atoms with Crippen molar-refractivity contribution >= 4 is 31.6 Å². The molecule has 1 unspecified atom stereocenters. The van der Waals surface area contributed by atoms with E-state index in [4.69, 9.17) is 4.74 Å². The first kappa shape index (κ1) is 27.0. The van der Waals surface area contributed by atoms with Crippen molar-refractivity contribution in [3.05, 3.63) is 54.6 Å². The van der Waals surface area contributed by atoms with Gasteiger partial charge in [-0.25, -0.2) is 16.8 Å². The fraction of sp³-hybridized carbons (Fsp3) is 0.458. The zero-order valence-corrected chi connectivity index (χ0v) is 21.7. The predicted octanol–water partition coefficient (Wildman–Crippen LogP) is 2.60. The molecule has 1 fully saturated rings. The van der Waals surface area contributed by atoms with Crippen LogP contribution in [0.3, 0.4) is 0 Å². The zero-order chi connectivity index (χ0) is 25.5. The molecule has 3 rings (SSSR count). The third-order valence-electron chi connectivity index (χ3n) is 5.79. The summed E-state index contributed by atoms with van der Waals surface area (Å²) in [4.78, 5) is 13.0. The number of hydrogen-bond acceptors (Lipinski definition) is 6. The third-order valence-corrected chi connectivity index (χ3v) is 8.88. The number of rotatable bonds is 11. The van der Waals surface area contributed by atoms with Gasteiger partial charge in [-0.15, -0.1) is 0 Å². The molecule has 0 bridgehead atoms. The minimum absolute atomic E-state index is 0.143. The van der Waals surface area contributed by atoms with E-state index < -0.39 is 32.0 Å². The lowest BCUT2D eigenvalue weighted by atomic mass is 10.2. The van der Waals surface area contributed by atoms with Crippen molar-refractivity contribution in [1.82, 2.24) is 9.62 Å². The Morgan fingerprint density at radius 3 is 2.20 bits per heavy atom. The number of amides is 1. The second-order valence-corrected chi connectivity index (χ2v) is 12.2. The summed E-state index contributed by atoms with van der Waals surface area (Å²) in [6, 6.07) is 13.8. The van der Waals surface area contributed by atoms with E-state index in [-0.39, 0.29) is 18.0 Å². The summed E-state index contributed by atoms with van der Waals surface area (Å²) in [6.45, 7) is 3.14. The Morgan fingerprint density at radius 1 is 1.00 bits per heavy atom. The Morgan fingerprint density at radius 2 is 1.63 bits per heavy atom. The van der Waals surface area contributed by atoms with E-state index in [1.54, 1.807) is 49.4 Å². The van der Waals surface area contributed by atoms with Gasteiger partial charge < -0.3 is 10.1 Å². The Labute approximate surface area is 208 Å². The maximum atomic E-state index is 12.8. The molecule has 192 valence electrons. The van der Waals surface area contributed by atoms with E-state index >= 15 is 0 Å². The van der Waals surface area contributed by atoms with E-state index in [1.807, 2.05) is 0 Å². The fourth-order valence-electron chi connectivity index (χ4n) is 4.06. The largest absolute Gasteiger partial charge is 0.492 e. The van der Waals surface area contributed by atoms with Gasteiger partial charge in [-0.05, 0) is 55.7 Å². The second-order valence-electron chi connectivity index (χ2n) is 8.39. The number of para-hydroxylation sites is 1. The number of ether oxygens (including phenoxy) is 1. The molecule has 1 N–H and O–H groups in total. The van der Waals surface area contributed by atoms with Crippen molar-refractivity contribution in [2.45, 2.75) is 43.5 Å². The molecule has 0 saturated carbocycles. The summed E-state index contributed by atoms with van der Waals surface area (Å²) < 4.78 is 58.6. The molecular weight excluding hydrogens is 490 g/mol.